The van der Waals surface area contributed by atoms with Crippen LogP contribution in [0.5, 0.6) is 0 Å². The van der Waals surface area contributed by atoms with Gasteiger partial charge in [0.25, 0.3) is 5.60 Å². The molecule has 51 heavy (non-hydrogen) atoms. The SMILES string of the molecule is C=C(CC[C@]12O[C@H](C(=O)O)[C@@](O)(C(=O)OC)[C@](C(=O)OC)(O1)[C@H](OC(=O)/C=C/[C@@H](C)C[C@@H](C)CC)[C@H]2O)[C@@H](OC(C)=O)[C@H](C)Cc1ccccc1. The van der Waals surface area contributed by atoms with Crippen molar-refractivity contribution in [1.82, 2.24) is 0 Å². The Bertz CT molecular complexity index is 1470. The zero-order valence-electron chi connectivity index (χ0n) is 30.2. The van der Waals surface area contributed by atoms with Crippen LogP contribution in [0.3, 0.4) is 0 Å². The quantitative estimate of drug-likeness (QED) is 0.0918. The summed E-state index contributed by atoms with van der Waals surface area (Å²) >= 11 is 0. The van der Waals surface area contributed by atoms with E-state index in [9.17, 15) is 39.3 Å². The minimum absolute atomic E-state index is 0.0791. The Morgan fingerprint density at radius 3 is 2.22 bits per heavy atom. The maximum atomic E-state index is 13.7. The van der Waals surface area contributed by atoms with Crippen LogP contribution in [0.25, 0.3) is 0 Å². The zero-order valence-corrected chi connectivity index (χ0v) is 30.2. The van der Waals surface area contributed by atoms with Crippen LogP contribution in [0.15, 0.2) is 54.6 Å². The fraction of sp³-hybridized carbons (Fsp3) is 0.595. The number of hydrogen-bond acceptors (Lipinski definition) is 13. The summed E-state index contributed by atoms with van der Waals surface area (Å²) in [5, 5.41) is 34.1. The molecule has 2 bridgehead atoms. The maximum Gasteiger partial charge on any atom is 0.346 e. The first-order valence-corrected chi connectivity index (χ1v) is 16.9. The third-order valence-electron chi connectivity index (χ3n) is 9.63. The van der Waals surface area contributed by atoms with Crippen molar-refractivity contribution in [2.75, 3.05) is 14.2 Å². The van der Waals surface area contributed by atoms with Crippen LogP contribution in [-0.4, -0.2) is 101 Å². The number of allylic oxidation sites excluding steroid dienone is 1. The average molecular weight is 719 g/mol. The highest BCUT2D eigenvalue weighted by molar-refractivity contribution is 5.99. The van der Waals surface area contributed by atoms with Crippen LogP contribution >= 0.6 is 0 Å². The number of benzene rings is 1. The molecule has 3 rings (SSSR count). The molecule has 14 nitrogen and oxygen atoms in total. The Labute approximate surface area is 297 Å². The Morgan fingerprint density at radius 1 is 1.04 bits per heavy atom. The van der Waals surface area contributed by atoms with Gasteiger partial charge < -0.3 is 43.7 Å². The lowest BCUT2D eigenvalue weighted by molar-refractivity contribution is -0.374. The molecule has 1 aromatic rings. The average Bonchev–Trinajstić information content (AvgIpc) is 3.31. The summed E-state index contributed by atoms with van der Waals surface area (Å²) in [4.78, 5) is 65.1. The van der Waals surface area contributed by atoms with Crippen LogP contribution in [0, 0.1) is 17.8 Å². The molecule has 2 heterocycles. The number of carbonyl (C=O) groups excluding carboxylic acids is 4. The lowest BCUT2D eigenvalue weighted by Gasteiger charge is -2.49. The van der Waals surface area contributed by atoms with E-state index in [0.717, 1.165) is 38.7 Å². The fourth-order valence-corrected chi connectivity index (χ4v) is 6.86. The van der Waals surface area contributed by atoms with Gasteiger partial charge in [-0.1, -0.05) is 77.1 Å². The molecular formula is C37H50O14. The van der Waals surface area contributed by atoms with E-state index in [1.165, 1.54) is 6.92 Å². The van der Waals surface area contributed by atoms with Gasteiger partial charge in [-0.05, 0) is 42.2 Å². The molecule has 0 spiro atoms. The minimum atomic E-state index is -3.54. The molecule has 10 atom stereocenters. The number of aliphatic hydroxyl groups excluding tert-OH is 1. The zero-order chi connectivity index (χ0) is 38.3. The normalized spacial score (nSPS) is 29.3. The van der Waals surface area contributed by atoms with Gasteiger partial charge in [0, 0.05) is 25.3 Å². The van der Waals surface area contributed by atoms with E-state index >= 15 is 0 Å². The molecule has 282 valence electrons. The number of carboxylic acid groups (broad SMARTS) is 1. The second-order valence-electron chi connectivity index (χ2n) is 13.5. The highest BCUT2D eigenvalue weighted by Crippen LogP contribution is 2.56. The van der Waals surface area contributed by atoms with Crippen LogP contribution in [0.4, 0.5) is 0 Å². The van der Waals surface area contributed by atoms with Crippen molar-refractivity contribution in [3.8, 4) is 0 Å². The Morgan fingerprint density at radius 2 is 1.67 bits per heavy atom. The van der Waals surface area contributed by atoms with Gasteiger partial charge in [0.15, 0.2) is 6.10 Å². The molecule has 2 saturated heterocycles. The van der Waals surface area contributed by atoms with Crippen molar-refractivity contribution in [3.05, 3.63) is 60.2 Å². The standard InChI is InChI=1S/C37H50O14/c1-9-21(2)19-22(3)15-16-27(39)49-30-29(40)35(18-17-23(4)28(48-25(6)38)24(5)20-26-13-11-10-12-14-26)50-31(32(41)42)36(45,33(43)46-7)37(30,51-35)34(44)47-8/h10-16,21-22,24,28-31,40,45H,4,9,17-20H2,1-3,5-8H3,(H,41,42)/b16-15+/t21-,22+,24+,28+,29+,30+,31+,35-,36+,37-/m0/s1. The number of ether oxygens (including phenoxy) is 6. The molecule has 3 N–H and O–H groups in total. The predicted molar refractivity (Wildman–Crippen MR) is 180 cm³/mol. The van der Waals surface area contributed by atoms with E-state index in [2.05, 4.69) is 6.58 Å². The third-order valence-corrected chi connectivity index (χ3v) is 9.63. The second-order valence-corrected chi connectivity index (χ2v) is 13.5. The highest BCUT2D eigenvalue weighted by atomic mass is 16.8. The van der Waals surface area contributed by atoms with Gasteiger partial charge in [-0.3, -0.25) is 4.79 Å². The molecule has 2 aliphatic heterocycles. The summed E-state index contributed by atoms with van der Waals surface area (Å²) < 4.78 is 32.6. The highest BCUT2D eigenvalue weighted by Gasteiger charge is 2.86. The van der Waals surface area contributed by atoms with Gasteiger partial charge in [-0.2, -0.15) is 0 Å². The van der Waals surface area contributed by atoms with E-state index < -0.39 is 77.7 Å². The predicted octanol–water partition coefficient (Wildman–Crippen LogP) is 3.06. The monoisotopic (exact) mass is 718 g/mol. The molecule has 14 heteroatoms. The number of carboxylic acids is 1. The number of fused-ring (bicyclic) bond motifs is 2. The molecule has 0 aliphatic carbocycles. The molecule has 0 amide bonds. The number of aliphatic carboxylic acids is 1. The van der Waals surface area contributed by atoms with Crippen molar-refractivity contribution >= 4 is 29.8 Å². The Kier molecular flexibility index (Phi) is 13.7. The largest absolute Gasteiger partial charge is 0.479 e. The fourth-order valence-electron chi connectivity index (χ4n) is 6.86. The Balaban J connectivity index is 2.08. The summed E-state index contributed by atoms with van der Waals surface area (Å²) in [7, 11) is 1.68. The first-order chi connectivity index (χ1) is 23.9. The molecule has 0 aromatic heterocycles. The topological polar surface area (TPSA) is 201 Å². The lowest BCUT2D eigenvalue weighted by atomic mass is 9.74. The molecule has 1 aromatic carbocycles. The van der Waals surface area contributed by atoms with E-state index in [4.69, 9.17) is 28.4 Å². The number of hydrogen-bond donors (Lipinski definition) is 3. The van der Waals surface area contributed by atoms with Gasteiger partial charge in [-0.25, -0.2) is 19.2 Å². The van der Waals surface area contributed by atoms with Crippen LogP contribution in [0.2, 0.25) is 0 Å². The molecule has 2 aliphatic rings. The van der Waals surface area contributed by atoms with E-state index in [1.807, 2.05) is 58.0 Å². The van der Waals surface area contributed by atoms with Crippen molar-refractivity contribution < 1.29 is 67.7 Å². The molecule has 0 unspecified atom stereocenters. The molecule has 2 fully saturated rings. The van der Waals surface area contributed by atoms with Crippen molar-refractivity contribution in [3.63, 3.8) is 0 Å². The van der Waals surface area contributed by atoms with Gasteiger partial charge in [0.2, 0.25) is 17.5 Å². The van der Waals surface area contributed by atoms with Gasteiger partial charge in [0.1, 0.15) is 12.2 Å². The van der Waals surface area contributed by atoms with Crippen molar-refractivity contribution in [1.29, 1.82) is 0 Å². The smallest absolute Gasteiger partial charge is 0.346 e. The second kappa shape index (κ2) is 16.9. The molecular weight excluding hydrogens is 668 g/mol. The molecule has 0 saturated carbocycles. The van der Waals surface area contributed by atoms with Gasteiger partial charge in [-0.15, -0.1) is 0 Å². The summed E-state index contributed by atoms with van der Waals surface area (Å²) in [6.07, 6.45) is -3.79. The first kappa shape index (κ1) is 41.3. The summed E-state index contributed by atoms with van der Waals surface area (Å²) in [6.45, 7) is 13.1. The summed E-state index contributed by atoms with van der Waals surface area (Å²) in [5.41, 5.74) is -5.47. The van der Waals surface area contributed by atoms with Crippen LogP contribution in [0.1, 0.15) is 65.9 Å². The van der Waals surface area contributed by atoms with Gasteiger partial charge >= 0.3 is 29.8 Å². The minimum Gasteiger partial charge on any atom is -0.479 e. The summed E-state index contributed by atoms with van der Waals surface area (Å²) in [6, 6.07) is 9.41. The van der Waals surface area contributed by atoms with E-state index in [-0.39, 0.29) is 18.3 Å². The molecule has 0 radical (unpaired) electrons. The Hall–Kier alpha value is -4.11. The maximum absolute atomic E-state index is 13.7. The third kappa shape index (κ3) is 8.35. The van der Waals surface area contributed by atoms with E-state index in [1.54, 1.807) is 6.08 Å². The van der Waals surface area contributed by atoms with E-state index in [0.29, 0.717) is 17.9 Å². The van der Waals surface area contributed by atoms with Gasteiger partial charge in [0.05, 0.1) is 14.2 Å². The lowest BCUT2D eigenvalue weighted by Crippen LogP contribution is -2.78. The van der Waals surface area contributed by atoms with Crippen molar-refractivity contribution in [2.24, 2.45) is 17.8 Å². The summed E-state index contributed by atoms with van der Waals surface area (Å²) in [5.74, 6) is -9.43. The number of rotatable bonds is 17. The number of aliphatic hydroxyl groups is 2. The van der Waals surface area contributed by atoms with Crippen molar-refractivity contribution in [2.45, 2.75) is 108 Å². The first-order valence-electron chi connectivity index (χ1n) is 16.9. The number of methoxy groups -OCH3 is 2. The van der Waals surface area contributed by atoms with Crippen LogP contribution < -0.4 is 0 Å². The van der Waals surface area contributed by atoms with Crippen LogP contribution in [-0.2, 0) is 58.8 Å². The number of esters is 4. The number of carbonyl (C=O) groups is 5.